The Balaban J connectivity index is 1.82. The van der Waals surface area contributed by atoms with Gasteiger partial charge >= 0.3 is 0 Å². The van der Waals surface area contributed by atoms with Crippen LogP contribution in [0.2, 0.25) is 0 Å². The molecule has 0 aliphatic heterocycles. The molecular formula is C19H17FO2S. The highest BCUT2D eigenvalue weighted by atomic mass is 32.1. The first-order valence-corrected chi connectivity index (χ1v) is 8.07. The van der Waals surface area contributed by atoms with Crippen LogP contribution < -0.4 is 9.47 Å². The van der Waals surface area contributed by atoms with Crippen molar-refractivity contribution in [2.75, 3.05) is 14.2 Å². The Kier molecular flexibility index (Phi) is 4.63. The maximum absolute atomic E-state index is 13.5. The van der Waals surface area contributed by atoms with E-state index in [1.165, 1.54) is 23.6 Å². The lowest BCUT2D eigenvalue weighted by molar-refractivity contribution is 0.387. The summed E-state index contributed by atoms with van der Waals surface area (Å²) in [6.45, 7) is 0. The molecule has 0 unspecified atom stereocenters. The molecule has 0 aliphatic carbocycles. The molecule has 2 aromatic carbocycles. The largest absolute Gasteiger partial charge is 0.497 e. The third-order valence-electron chi connectivity index (χ3n) is 3.61. The first kappa shape index (κ1) is 15.6. The van der Waals surface area contributed by atoms with Gasteiger partial charge in [0.15, 0.2) is 11.6 Å². The first-order valence-electron chi connectivity index (χ1n) is 7.25. The first-order chi connectivity index (χ1) is 11.2. The average molecular weight is 328 g/mol. The van der Waals surface area contributed by atoms with E-state index in [1.807, 2.05) is 18.2 Å². The molecule has 1 aromatic heterocycles. The summed E-state index contributed by atoms with van der Waals surface area (Å²) in [6.07, 6.45) is 0.847. The predicted molar refractivity (Wildman–Crippen MR) is 92.1 cm³/mol. The molecule has 118 valence electrons. The van der Waals surface area contributed by atoms with E-state index < -0.39 is 0 Å². The van der Waals surface area contributed by atoms with Gasteiger partial charge in [-0.2, -0.15) is 0 Å². The van der Waals surface area contributed by atoms with Crippen LogP contribution in [0.1, 0.15) is 10.4 Å². The maximum atomic E-state index is 13.5. The number of hydrogen-bond acceptors (Lipinski definition) is 3. The van der Waals surface area contributed by atoms with Crippen molar-refractivity contribution < 1.29 is 13.9 Å². The quantitative estimate of drug-likeness (QED) is 0.644. The molecule has 0 bridgehead atoms. The van der Waals surface area contributed by atoms with Crippen LogP contribution in [-0.2, 0) is 6.42 Å². The smallest absolute Gasteiger partial charge is 0.165 e. The normalized spacial score (nSPS) is 10.6. The zero-order chi connectivity index (χ0) is 16.2. The molecule has 0 fully saturated rings. The fraction of sp³-hybridized carbons (Fsp3) is 0.158. The molecule has 0 atom stereocenters. The third kappa shape index (κ3) is 3.54. The summed E-state index contributed by atoms with van der Waals surface area (Å²) in [7, 11) is 3.15. The molecule has 2 nitrogen and oxygen atoms in total. The van der Waals surface area contributed by atoms with Crippen LogP contribution >= 0.6 is 11.3 Å². The summed E-state index contributed by atoms with van der Waals surface area (Å²) in [5, 5.41) is 0. The standard InChI is InChI=1S/C19H17FO2S/c1-21-15-5-3-4-13(10-15)11-16-7-9-19(23-16)14-6-8-17(20)18(12-14)22-2/h3-10,12H,11H2,1-2H3. The van der Waals surface area contributed by atoms with Gasteiger partial charge in [0.2, 0.25) is 0 Å². The number of thiophene rings is 1. The summed E-state index contributed by atoms with van der Waals surface area (Å²) in [5.74, 6) is 0.789. The molecule has 0 radical (unpaired) electrons. The molecule has 0 aliphatic rings. The highest BCUT2D eigenvalue weighted by Crippen LogP contribution is 2.32. The SMILES string of the molecule is COc1cccc(Cc2ccc(-c3ccc(F)c(OC)c3)s2)c1. The molecule has 0 N–H and O–H groups in total. The van der Waals surface area contributed by atoms with Crippen molar-refractivity contribution in [1.29, 1.82) is 0 Å². The van der Waals surface area contributed by atoms with E-state index in [9.17, 15) is 4.39 Å². The zero-order valence-corrected chi connectivity index (χ0v) is 13.8. The molecule has 1 heterocycles. The summed E-state index contributed by atoms with van der Waals surface area (Å²) >= 11 is 1.70. The van der Waals surface area contributed by atoms with Crippen LogP contribution in [0.4, 0.5) is 4.39 Å². The van der Waals surface area contributed by atoms with Crippen LogP contribution in [0.5, 0.6) is 11.5 Å². The number of rotatable bonds is 5. The van der Waals surface area contributed by atoms with Gasteiger partial charge in [-0.3, -0.25) is 0 Å². The van der Waals surface area contributed by atoms with Crippen molar-refractivity contribution in [3.63, 3.8) is 0 Å². The van der Waals surface area contributed by atoms with Gasteiger partial charge in [-0.05, 0) is 47.5 Å². The number of halogens is 1. The summed E-state index contributed by atoms with van der Waals surface area (Å²) in [6, 6.07) is 17.2. The van der Waals surface area contributed by atoms with E-state index in [4.69, 9.17) is 9.47 Å². The molecule has 0 saturated carbocycles. The lowest BCUT2D eigenvalue weighted by atomic mass is 10.1. The average Bonchev–Trinajstić information content (AvgIpc) is 3.04. The second kappa shape index (κ2) is 6.84. The molecule has 23 heavy (non-hydrogen) atoms. The predicted octanol–water partition coefficient (Wildman–Crippen LogP) is 5.16. The van der Waals surface area contributed by atoms with E-state index in [0.717, 1.165) is 22.6 Å². The molecule has 0 spiro atoms. The van der Waals surface area contributed by atoms with Gasteiger partial charge in [-0.1, -0.05) is 18.2 Å². The summed E-state index contributed by atoms with van der Waals surface area (Å²) in [5.41, 5.74) is 2.17. The number of hydrogen-bond donors (Lipinski definition) is 0. The monoisotopic (exact) mass is 328 g/mol. The molecule has 4 heteroatoms. The van der Waals surface area contributed by atoms with Crippen LogP contribution in [0.15, 0.2) is 54.6 Å². The fourth-order valence-corrected chi connectivity index (χ4v) is 3.46. The number of ether oxygens (including phenoxy) is 2. The number of methoxy groups -OCH3 is 2. The van der Waals surface area contributed by atoms with E-state index in [-0.39, 0.29) is 11.6 Å². The molecular weight excluding hydrogens is 311 g/mol. The van der Waals surface area contributed by atoms with Gasteiger partial charge in [-0.15, -0.1) is 11.3 Å². The Labute approximate surface area is 139 Å². The van der Waals surface area contributed by atoms with Gasteiger partial charge in [0.05, 0.1) is 14.2 Å². The van der Waals surface area contributed by atoms with Crippen molar-refractivity contribution in [3.05, 3.63) is 70.9 Å². The lowest BCUT2D eigenvalue weighted by Crippen LogP contribution is -1.88. The van der Waals surface area contributed by atoms with Gasteiger partial charge in [0, 0.05) is 16.2 Å². The highest BCUT2D eigenvalue weighted by molar-refractivity contribution is 7.15. The van der Waals surface area contributed by atoms with Crippen LogP contribution in [0.3, 0.4) is 0 Å². The molecule has 3 rings (SSSR count). The van der Waals surface area contributed by atoms with Crippen LogP contribution in [0.25, 0.3) is 10.4 Å². The molecule has 0 saturated heterocycles. The maximum Gasteiger partial charge on any atom is 0.165 e. The van der Waals surface area contributed by atoms with Crippen LogP contribution in [0, 0.1) is 5.82 Å². The lowest BCUT2D eigenvalue weighted by Gasteiger charge is -2.04. The second-order valence-electron chi connectivity index (χ2n) is 5.14. The summed E-state index contributed by atoms with van der Waals surface area (Å²) in [4.78, 5) is 2.35. The molecule has 3 aromatic rings. The van der Waals surface area contributed by atoms with Crippen molar-refractivity contribution >= 4 is 11.3 Å². The van der Waals surface area contributed by atoms with Gasteiger partial charge in [-0.25, -0.2) is 4.39 Å². The van der Waals surface area contributed by atoms with Gasteiger partial charge in [0.1, 0.15) is 5.75 Å². The minimum atomic E-state index is -0.343. The van der Waals surface area contributed by atoms with E-state index in [2.05, 4.69) is 18.2 Å². The highest BCUT2D eigenvalue weighted by Gasteiger charge is 2.08. The topological polar surface area (TPSA) is 18.5 Å². The van der Waals surface area contributed by atoms with Gasteiger partial charge in [0.25, 0.3) is 0 Å². The third-order valence-corrected chi connectivity index (χ3v) is 4.74. The van der Waals surface area contributed by atoms with Gasteiger partial charge < -0.3 is 9.47 Å². The van der Waals surface area contributed by atoms with Crippen LogP contribution in [-0.4, -0.2) is 14.2 Å². The van der Waals surface area contributed by atoms with Crippen molar-refractivity contribution in [1.82, 2.24) is 0 Å². The van der Waals surface area contributed by atoms with E-state index >= 15 is 0 Å². The van der Waals surface area contributed by atoms with Crippen molar-refractivity contribution in [2.24, 2.45) is 0 Å². The second-order valence-corrected chi connectivity index (χ2v) is 6.31. The zero-order valence-electron chi connectivity index (χ0n) is 13.0. The Morgan fingerprint density at radius 2 is 1.83 bits per heavy atom. The summed E-state index contributed by atoms with van der Waals surface area (Å²) < 4.78 is 23.8. The Morgan fingerprint density at radius 3 is 2.61 bits per heavy atom. The minimum absolute atomic E-state index is 0.269. The molecule has 0 amide bonds. The van der Waals surface area contributed by atoms with Crippen molar-refractivity contribution in [2.45, 2.75) is 6.42 Å². The number of benzene rings is 2. The van der Waals surface area contributed by atoms with Crippen molar-refractivity contribution in [3.8, 4) is 21.9 Å². The van der Waals surface area contributed by atoms with E-state index in [0.29, 0.717) is 0 Å². The Morgan fingerprint density at radius 1 is 0.957 bits per heavy atom. The minimum Gasteiger partial charge on any atom is -0.497 e. The Hall–Kier alpha value is -2.33. The fourth-order valence-electron chi connectivity index (χ4n) is 2.42. The Bertz CT molecular complexity index is 811. The van der Waals surface area contributed by atoms with E-state index in [1.54, 1.807) is 30.6 Å².